The normalized spacial score (nSPS) is 15.1. The summed E-state index contributed by atoms with van der Waals surface area (Å²) in [4.78, 5) is 13.4. The van der Waals surface area contributed by atoms with Crippen LogP contribution in [0.2, 0.25) is 0 Å². The number of hydrogen-bond donors (Lipinski definition) is 1. The van der Waals surface area contributed by atoms with Gasteiger partial charge in [0, 0.05) is 24.8 Å². The van der Waals surface area contributed by atoms with Crippen molar-refractivity contribution in [3.8, 4) is 0 Å². The van der Waals surface area contributed by atoms with Gasteiger partial charge in [0.15, 0.2) is 0 Å². The number of amides is 1. The maximum atomic E-state index is 11.6. The fourth-order valence-corrected chi connectivity index (χ4v) is 2.40. The van der Waals surface area contributed by atoms with Gasteiger partial charge in [-0.15, -0.1) is 0 Å². The smallest absolute Gasteiger partial charge is 0.228 e. The van der Waals surface area contributed by atoms with Gasteiger partial charge in [0.25, 0.3) is 0 Å². The molecule has 0 radical (unpaired) electrons. The Morgan fingerprint density at radius 2 is 2.27 bits per heavy atom. The summed E-state index contributed by atoms with van der Waals surface area (Å²) in [6, 6.07) is 6.10. The molecule has 1 aromatic rings. The van der Waals surface area contributed by atoms with Crippen molar-refractivity contribution in [1.82, 2.24) is 0 Å². The lowest BCUT2D eigenvalue weighted by Crippen LogP contribution is -2.33. The molecule has 2 rings (SSSR count). The van der Waals surface area contributed by atoms with Gasteiger partial charge >= 0.3 is 0 Å². The second-order valence-corrected chi connectivity index (χ2v) is 4.04. The van der Waals surface area contributed by atoms with Crippen LogP contribution in [0.25, 0.3) is 0 Å². The molecule has 0 fully saturated rings. The fourth-order valence-electron chi connectivity index (χ4n) is 1.85. The van der Waals surface area contributed by atoms with Gasteiger partial charge in [-0.2, -0.15) is 0 Å². The Hall–Kier alpha value is -1.03. The van der Waals surface area contributed by atoms with Crippen LogP contribution in [0.1, 0.15) is 12.0 Å². The maximum Gasteiger partial charge on any atom is 0.228 e. The van der Waals surface area contributed by atoms with Gasteiger partial charge < -0.3 is 10.2 Å². The molecule has 80 valence electrons. The summed E-state index contributed by atoms with van der Waals surface area (Å²) in [6.45, 7) is 0. The van der Waals surface area contributed by atoms with E-state index in [-0.39, 0.29) is 5.91 Å². The van der Waals surface area contributed by atoms with Crippen molar-refractivity contribution < 1.29 is 4.79 Å². The molecule has 1 aliphatic rings. The number of carbonyl (C=O) groups excluding carboxylic acids is 1. The van der Waals surface area contributed by atoms with Crippen LogP contribution in [0.4, 0.5) is 11.4 Å². The third-order valence-electron chi connectivity index (χ3n) is 2.69. The first-order chi connectivity index (χ1) is 7.26. The summed E-state index contributed by atoms with van der Waals surface area (Å²) < 4.78 is 0. The Kier molecular flexibility index (Phi) is 2.95. The molecule has 0 aliphatic carbocycles. The first-order valence-corrected chi connectivity index (χ1v) is 6.05. The molecule has 15 heavy (non-hydrogen) atoms. The molecule has 1 heterocycles. The van der Waals surface area contributed by atoms with Crippen LogP contribution in [0.3, 0.4) is 0 Å². The molecule has 0 saturated carbocycles. The highest BCUT2D eigenvalue weighted by molar-refractivity contribution is 9.09. The van der Waals surface area contributed by atoms with E-state index in [9.17, 15) is 4.79 Å². The van der Waals surface area contributed by atoms with E-state index < -0.39 is 0 Å². The molecule has 0 bridgehead atoms. The monoisotopic (exact) mass is 268 g/mol. The summed E-state index contributed by atoms with van der Waals surface area (Å²) >= 11 is 3.35. The molecule has 1 N–H and O–H groups in total. The van der Waals surface area contributed by atoms with Crippen molar-refractivity contribution in [3.63, 3.8) is 0 Å². The Balaban J connectivity index is 2.42. The number of hydrogen-bond acceptors (Lipinski definition) is 2. The molecule has 4 heteroatoms. The van der Waals surface area contributed by atoms with E-state index in [2.05, 4.69) is 27.3 Å². The summed E-state index contributed by atoms with van der Waals surface area (Å²) in [5.41, 5.74) is 3.93. The minimum Gasteiger partial charge on any atom is -0.388 e. The van der Waals surface area contributed by atoms with Crippen LogP contribution in [0.5, 0.6) is 0 Å². The first kappa shape index (κ1) is 10.5. The summed E-state index contributed by atoms with van der Waals surface area (Å²) in [7, 11) is 1.90. The Morgan fingerprint density at radius 3 is 2.93 bits per heavy atom. The van der Waals surface area contributed by atoms with Gasteiger partial charge in [-0.3, -0.25) is 4.79 Å². The number of halogens is 1. The molecule has 0 spiro atoms. The molecule has 1 aromatic carbocycles. The van der Waals surface area contributed by atoms with Crippen LogP contribution in [0.15, 0.2) is 18.2 Å². The fraction of sp³-hybridized carbons (Fsp3) is 0.364. The second kappa shape index (κ2) is 4.23. The molecular formula is C11H13BrN2O. The molecule has 0 atom stereocenters. The van der Waals surface area contributed by atoms with Crippen molar-refractivity contribution in [2.24, 2.45) is 0 Å². The molecule has 1 aliphatic heterocycles. The van der Waals surface area contributed by atoms with Crippen molar-refractivity contribution in [2.75, 3.05) is 22.7 Å². The third kappa shape index (κ3) is 1.86. The Bertz CT molecular complexity index is 392. The zero-order valence-electron chi connectivity index (χ0n) is 8.59. The minimum atomic E-state index is 0.191. The second-order valence-electron chi connectivity index (χ2n) is 3.53. The van der Waals surface area contributed by atoms with E-state index in [1.807, 2.05) is 19.2 Å². The lowest BCUT2D eigenvalue weighted by atomic mass is 10.0. The minimum absolute atomic E-state index is 0.191. The van der Waals surface area contributed by atoms with Gasteiger partial charge in [0.1, 0.15) is 0 Å². The summed E-state index contributed by atoms with van der Waals surface area (Å²) in [6.07, 6.45) is 1.44. The number of alkyl halides is 1. The number of nitrogens with one attached hydrogen (secondary N) is 1. The van der Waals surface area contributed by atoms with Gasteiger partial charge in [-0.1, -0.05) is 15.9 Å². The van der Waals surface area contributed by atoms with E-state index in [1.165, 1.54) is 5.56 Å². The molecular weight excluding hydrogens is 256 g/mol. The van der Waals surface area contributed by atoms with E-state index in [1.54, 1.807) is 4.90 Å². The third-order valence-corrected chi connectivity index (χ3v) is 3.19. The largest absolute Gasteiger partial charge is 0.388 e. The number of aryl methyl sites for hydroxylation is 1. The standard InChI is InChI=1S/C11H13BrN2O/c1-13-9-3-4-10-8(6-9)2-5-11(15)14(10)7-12/h3-4,6,13H,2,5,7H2,1H3. The highest BCUT2D eigenvalue weighted by atomic mass is 79.9. The van der Waals surface area contributed by atoms with Crippen molar-refractivity contribution >= 4 is 33.2 Å². The molecule has 0 aromatic heterocycles. The van der Waals surface area contributed by atoms with Gasteiger partial charge in [0.05, 0.1) is 5.45 Å². The van der Waals surface area contributed by atoms with Crippen molar-refractivity contribution in [1.29, 1.82) is 0 Å². The highest BCUT2D eigenvalue weighted by Gasteiger charge is 2.22. The van der Waals surface area contributed by atoms with Crippen molar-refractivity contribution in [3.05, 3.63) is 23.8 Å². The lowest BCUT2D eigenvalue weighted by molar-refractivity contribution is -0.118. The van der Waals surface area contributed by atoms with Crippen molar-refractivity contribution in [2.45, 2.75) is 12.8 Å². The average Bonchev–Trinajstić information content (AvgIpc) is 2.28. The summed E-state index contributed by atoms with van der Waals surface area (Å²) in [5.74, 6) is 0.191. The number of carbonyl (C=O) groups is 1. The first-order valence-electron chi connectivity index (χ1n) is 4.93. The zero-order chi connectivity index (χ0) is 10.8. The number of rotatable bonds is 2. The van der Waals surface area contributed by atoms with E-state index in [4.69, 9.17) is 0 Å². The predicted octanol–water partition coefficient (Wildman–Crippen LogP) is 2.36. The number of fused-ring (bicyclic) bond motifs is 1. The van der Waals surface area contributed by atoms with Gasteiger partial charge in [-0.05, 0) is 30.2 Å². The van der Waals surface area contributed by atoms with E-state index in [0.29, 0.717) is 11.9 Å². The van der Waals surface area contributed by atoms with Crippen LogP contribution >= 0.6 is 15.9 Å². The quantitative estimate of drug-likeness (QED) is 0.660. The molecule has 3 nitrogen and oxygen atoms in total. The lowest BCUT2D eigenvalue weighted by Gasteiger charge is -2.27. The number of benzene rings is 1. The highest BCUT2D eigenvalue weighted by Crippen LogP contribution is 2.30. The topological polar surface area (TPSA) is 32.3 Å². The number of anilines is 2. The van der Waals surface area contributed by atoms with E-state index in [0.717, 1.165) is 17.8 Å². The molecule has 1 amide bonds. The van der Waals surface area contributed by atoms with Crippen LogP contribution in [0, 0.1) is 0 Å². The SMILES string of the molecule is CNc1ccc2c(c1)CCC(=O)N2CBr. The number of nitrogens with zero attached hydrogens (tertiary/aromatic N) is 1. The van der Waals surface area contributed by atoms with Crippen LogP contribution in [-0.2, 0) is 11.2 Å². The Labute approximate surface area is 97.6 Å². The zero-order valence-corrected chi connectivity index (χ0v) is 10.2. The average molecular weight is 269 g/mol. The Morgan fingerprint density at radius 1 is 1.47 bits per heavy atom. The predicted molar refractivity (Wildman–Crippen MR) is 65.6 cm³/mol. The van der Waals surface area contributed by atoms with Crippen LogP contribution in [-0.4, -0.2) is 18.4 Å². The molecule has 0 saturated heterocycles. The molecule has 0 unspecified atom stereocenters. The van der Waals surface area contributed by atoms with Gasteiger partial charge in [-0.25, -0.2) is 0 Å². The summed E-state index contributed by atoms with van der Waals surface area (Å²) in [5, 5.41) is 3.11. The van der Waals surface area contributed by atoms with E-state index >= 15 is 0 Å². The van der Waals surface area contributed by atoms with Crippen LogP contribution < -0.4 is 10.2 Å². The van der Waals surface area contributed by atoms with Gasteiger partial charge in [0.2, 0.25) is 5.91 Å². The maximum absolute atomic E-state index is 11.6.